The van der Waals surface area contributed by atoms with Crippen molar-refractivity contribution >= 4 is 40.9 Å². The fraction of sp³-hybridized carbons (Fsp3) is 0.222. The number of hydrogen-bond acceptors (Lipinski definition) is 3. The normalized spacial score (nSPS) is 19.7. The summed E-state index contributed by atoms with van der Waals surface area (Å²) in [7, 11) is 0. The number of furan rings is 1. The lowest BCUT2D eigenvalue weighted by Crippen LogP contribution is -2.14. The molecule has 0 unspecified atom stereocenters. The van der Waals surface area contributed by atoms with Crippen LogP contribution in [0.3, 0.4) is 0 Å². The summed E-state index contributed by atoms with van der Waals surface area (Å²) in [5.74, 6) is 1.83. The molecule has 0 bridgehead atoms. The summed E-state index contributed by atoms with van der Waals surface area (Å²) < 4.78 is 5.70. The number of halogens is 2. The van der Waals surface area contributed by atoms with E-state index in [0.29, 0.717) is 27.6 Å². The highest BCUT2D eigenvalue weighted by Crippen LogP contribution is 2.47. The molecule has 1 aliphatic rings. The summed E-state index contributed by atoms with van der Waals surface area (Å²) in [5.41, 5.74) is 0.189. The van der Waals surface area contributed by atoms with Crippen molar-refractivity contribution in [2.45, 2.75) is 19.3 Å². The van der Waals surface area contributed by atoms with E-state index < -0.39 is 5.91 Å². The average molecular weight is 361 g/mol. The monoisotopic (exact) mass is 360 g/mol. The van der Waals surface area contributed by atoms with Crippen LogP contribution in [0.4, 0.5) is 5.69 Å². The number of nitrogens with one attached hydrogen (secondary N) is 1. The molecule has 2 aromatic rings. The van der Waals surface area contributed by atoms with Crippen molar-refractivity contribution in [1.82, 2.24) is 0 Å². The van der Waals surface area contributed by atoms with E-state index >= 15 is 0 Å². The number of anilines is 1. The summed E-state index contributed by atoms with van der Waals surface area (Å²) in [5, 5.41) is 12.4. The van der Waals surface area contributed by atoms with Crippen molar-refractivity contribution in [1.29, 1.82) is 5.26 Å². The highest BCUT2D eigenvalue weighted by Gasteiger charge is 2.36. The summed E-state index contributed by atoms with van der Waals surface area (Å²) in [6.07, 6.45) is 2.52. The third kappa shape index (κ3) is 3.48. The number of hydrogen-bond donors (Lipinski definition) is 1. The van der Waals surface area contributed by atoms with Crippen molar-refractivity contribution in [3.8, 4) is 6.07 Å². The zero-order valence-electron chi connectivity index (χ0n) is 12.8. The van der Waals surface area contributed by atoms with Crippen molar-refractivity contribution < 1.29 is 9.21 Å². The molecule has 1 aromatic heterocycles. The Morgan fingerprint density at radius 2 is 2.00 bits per heavy atom. The van der Waals surface area contributed by atoms with E-state index in [1.54, 1.807) is 24.3 Å². The van der Waals surface area contributed by atoms with Crippen LogP contribution < -0.4 is 5.32 Å². The van der Waals surface area contributed by atoms with Gasteiger partial charge in [0, 0.05) is 12.0 Å². The van der Waals surface area contributed by atoms with Gasteiger partial charge in [0.25, 0.3) is 5.91 Å². The Hall–Kier alpha value is -2.22. The van der Waals surface area contributed by atoms with Crippen LogP contribution in [0.2, 0.25) is 10.0 Å². The molecule has 1 aromatic carbocycles. The predicted molar refractivity (Wildman–Crippen MR) is 93.9 cm³/mol. The van der Waals surface area contributed by atoms with Crippen molar-refractivity contribution in [3.63, 3.8) is 0 Å². The largest absolute Gasteiger partial charge is 0.461 e. The Kier molecular flexibility index (Phi) is 4.66. The molecule has 1 fully saturated rings. The number of carbonyl (C=O) groups excluding carboxylic acids is 1. The van der Waals surface area contributed by atoms with Gasteiger partial charge in [0.15, 0.2) is 0 Å². The van der Waals surface area contributed by atoms with Crippen LogP contribution in [-0.2, 0) is 4.79 Å². The first-order valence-electron chi connectivity index (χ1n) is 7.46. The molecular weight excluding hydrogens is 347 g/mol. The van der Waals surface area contributed by atoms with Crippen LogP contribution in [0.25, 0.3) is 6.08 Å². The minimum absolute atomic E-state index is 0.0873. The van der Waals surface area contributed by atoms with E-state index in [1.165, 1.54) is 6.08 Å². The van der Waals surface area contributed by atoms with Gasteiger partial charge < -0.3 is 9.73 Å². The Labute approximate surface area is 149 Å². The number of nitriles is 1. The van der Waals surface area contributed by atoms with E-state index in [9.17, 15) is 10.1 Å². The van der Waals surface area contributed by atoms with Crippen molar-refractivity contribution in [2.75, 3.05) is 5.32 Å². The lowest BCUT2D eigenvalue weighted by atomic mass is 10.2. The molecule has 24 heavy (non-hydrogen) atoms. The second-order valence-corrected chi connectivity index (χ2v) is 6.59. The van der Waals surface area contributed by atoms with Gasteiger partial charge in [-0.2, -0.15) is 5.26 Å². The quantitative estimate of drug-likeness (QED) is 0.597. The van der Waals surface area contributed by atoms with Gasteiger partial charge in [-0.25, -0.2) is 0 Å². The fourth-order valence-corrected chi connectivity index (χ4v) is 2.94. The van der Waals surface area contributed by atoms with Crippen LogP contribution in [0, 0.1) is 17.2 Å². The minimum atomic E-state index is -0.592. The lowest BCUT2D eigenvalue weighted by Gasteiger charge is -2.08. The second kappa shape index (κ2) is 6.72. The third-order valence-corrected chi connectivity index (χ3v) is 4.61. The highest BCUT2D eigenvalue weighted by molar-refractivity contribution is 6.40. The lowest BCUT2D eigenvalue weighted by molar-refractivity contribution is -0.112. The molecule has 0 radical (unpaired) electrons. The van der Waals surface area contributed by atoms with E-state index in [2.05, 4.69) is 12.2 Å². The number of rotatable bonds is 4. The fourth-order valence-electron chi connectivity index (χ4n) is 2.45. The van der Waals surface area contributed by atoms with Gasteiger partial charge in [-0.1, -0.05) is 36.2 Å². The Morgan fingerprint density at radius 3 is 2.58 bits per heavy atom. The molecule has 0 aliphatic heterocycles. The van der Waals surface area contributed by atoms with Gasteiger partial charge in [-0.05, 0) is 36.6 Å². The summed E-state index contributed by atoms with van der Waals surface area (Å²) in [6, 6.07) is 10.4. The zero-order valence-corrected chi connectivity index (χ0v) is 14.4. The molecule has 1 heterocycles. The summed E-state index contributed by atoms with van der Waals surface area (Å²) >= 11 is 12.0. The maximum Gasteiger partial charge on any atom is 0.266 e. The molecule has 6 heteroatoms. The predicted octanol–water partition coefficient (Wildman–Crippen LogP) is 5.26. The number of benzene rings is 1. The summed E-state index contributed by atoms with van der Waals surface area (Å²) in [6.45, 7) is 2.16. The molecule has 0 spiro atoms. The molecule has 1 N–H and O–H groups in total. The smallest absolute Gasteiger partial charge is 0.266 e. The Morgan fingerprint density at radius 1 is 1.33 bits per heavy atom. The molecule has 2 atom stereocenters. The van der Waals surface area contributed by atoms with Gasteiger partial charge in [-0.15, -0.1) is 0 Å². The van der Waals surface area contributed by atoms with Crippen molar-refractivity contribution in [2.24, 2.45) is 5.92 Å². The standard InChI is InChI=1S/C18H14Cl2N2O2/c1-10-7-13(10)16-6-5-12(24-16)8-11(9-21)18(23)22-17-14(19)3-2-4-15(17)20/h2-6,8,10,13H,7H2,1H3,(H,22,23)/b11-8+/t10-,13+/m0/s1. The van der Waals surface area contributed by atoms with E-state index in [0.717, 1.165) is 12.2 Å². The number of amides is 1. The Bertz CT molecular complexity index is 844. The zero-order chi connectivity index (χ0) is 17.3. The number of para-hydroxylation sites is 1. The molecule has 3 rings (SSSR count). The first-order chi connectivity index (χ1) is 11.5. The van der Waals surface area contributed by atoms with Gasteiger partial charge in [0.05, 0.1) is 15.7 Å². The summed E-state index contributed by atoms with van der Waals surface area (Å²) in [4.78, 5) is 12.3. The topological polar surface area (TPSA) is 66.0 Å². The molecule has 4 nitrogen and oxygen atoms in total. The van der Waals surface area contributed by atoms with Crippen LogP contribution >= 0.6 is 23.2 Å². The van der Waals surface area contributed by atoms with Gasteiger partial charge >= 0.3 is 0 Å². The van der Waals surface area contributed by atoms with Crippen LogP contribution in [0.15, 0.2) is 40.3 Å². The van der Waals surface area contributed by atoms with E-state index in [-0.39, 0.29) is 11.3 Å². The van der Waals surface area contributed by atoms with Gasteiger partial charge in [-0.3, -0.25) is 4.79 Å². The maximum atomic E-state index is 12.3. The van der Waals surface area contributed by atoms with E-state index in [1.807, 2.05) is 12.1 Å². The molecule has 122 valence electrons. The van der Waals surface area contributed by atoms with Crippen LogP contribution in [0.5, 0.6) is 0 Å². The molecule has 1 amide bonds. The SMILES string of the molecule is C[C@H]1C[C@H]1c1ccc(/C=C(\C#N)C(=O)Nc2c(Cl)cccc2Cl)o1. The van der Waals surface area contributed by atoms with Crippen LogP contribution in [0.1, 0.15) is 30.8 Å². The average Bonchev–Trinajstić information content (AvgIpc) is 3.09. The molecule has 1 saturated carbocycles. The number of nitrogens with zero attached hydrogens (tertiary/aromatic N) is 1. The van der Waals surface area contributed by atoms with Gasteiger partial charge in [0.1, 0.15) is 23.2 Å². The van der Waals surface area contributed by atoms with Crippen LogP contribution in [-0.4, -0.2) is 5.91 Å². The molecular formula is C18H14Cl2N2O2. The second-order valence-electron chi connectivity index (χ2n) is 5.78. The highest BCUT2D eigenvalue weighted by atomic mass is 35.5. The van der Waals surface area contributed by atoms with Gasteiger partial charge in [0.2, 0.25) is 0 Å². The first kappa shape index (κ1) is 16.6. The van der Waals surface area contributed by atoms with Crippen molar-refractivity contribution in [3.05, 3.63) is 57.5 Å². The molecule has 1 aliphatic carbocycles. The third-order valence-electron chi connectivity index (χ3n) is 3.98. The number of carbonyl (C=O) groups is 1. The minimum Gasteiger partial charge on any atom is -0.461 e. The first-order valence-corrected chi connectivity index (χ1v) is 8.22. The Balaban J connectivity index is 1.79. The molecule has 0 saturated heterocycles. The maximum absolute atomic E-state index is 12.3. The van der Waals surface area contributed by atoms with E-state index in [4.69, 9.17) is 27.6 Å².